The van der Waals surface area contributed by atoms with Gasteiger partial charge in [-0.3, -0.25) is 0 Å². The molecule has 0 saturated heterocycles. The molecule has 1 aliphatic heterocycles. The summed E-state index contributed by atoms with van der Waals surface area (Å²) in [4.78, 5) is 10.2. The number of ether oxygens (including phenoxy) is 1. The van der Waals surface area contributed by atoms with Gasteiger partial charge in [-0.05, 0) is 63.7 Å². The molecule has 4 heteroatoms. The molecule has 3 nitrogen and oxygen atoms in total. The molecule has 2 aliphatic rings. The summed E-state index contributed by atoms with van der Waals surface area (Å²) in [6.07, 6.45) is 0. The van der Waals surface area contributed by atoms with Gasteiger partial charge in [0.25, 0.3) is 0 Å². The maximum Gasteiger partial charge on any atom is 0.160 e. The predicted octanol–water partition coefficient (Wildman–Crippen LogP) is 14.0. The summed E-state index contributed by atoms with van der Waals surface area (Å²) >= 11 is 1.82. The molecule has 10 aromatic rings. The van der Waals surface area contributed by atoms with E-state index in [0.29, 0.717) is 5.82 Å². The fourth-order valence-corrected chi connectivity index (χ4v) is 10.4. The van der Waals surface area contributed by atoms with Crippen molar-refractivity contribution >= 4 is 31.5 Å². The van der Waals surface area contributed by atoms with Crippen molar-refractivity contribution in [1.29, 1.82) is 0 Å². The van der Waals surface area contributed by atoms with E-state index in [1.54, 1.807) is 0 Å². The lowest BCUT2D eigenvalue weighted by Gasteiger charge is -2.39. The van der Waals surface area contributed by atoms with E-state index in [4.69, 9.17) is 14.7 Å². The van der Waals surface area contributed by atoms with E-state index in [1.807, 2.05) is 29.5 Å². The lowest BCUT2D eigenvalue weighted by atomic mass is 9.66. The number of thiophene rings is 1. The minimum Gasteiger partial charge on any atom is -0.457 e. The average Bonchev–Trinajstić information content (AvgIpc) is 3.80. The van der Waals surface area contributed by atoms with Crippen LogP contribution in [0, 0.1) is 0 Å². The summed E-state index contributed by atoms with van der Waals surface area (Å²) in [6.45, 7) is 0. The maximum absolute atomic E-state index is 6.79. The summed E-state index contributed by atoms with van der Waals surface area (Å²) in [5.74, 6) is 2.48. The highest BCUT2D eigenvalue weighted by Crippen LogP contribution is 2.62. The van der Waals surface area contributed by atoms with E-state index in [9.17, 15) is 0 Å². The van der Waals surface area contributed by atoms with Crippen LogP contribution in [0.1, 0.15) is 22.3 Å². The van der Waals surface area contributed by atoms with Gasteiger partial charge in [0.15, 0.2) is 5.82 Å². The molecule has 0 N–H and O–H groups in total. The van der Waals surface area contributed by atoms with Crippen molar-refractivity contribution in [2.45, 2.75) is 5.41 Å². The number of benzene rings is 8. The second-order valence-corrected chi connectivity index (χ2v) is 15.9. The van der Waals surface area contributed by atoms with Crippen LogP contribution in [0.15, 0.2) is 194 Å². The number of aromatic nitrogens is 2. The third kappa shape index (κ3) is 4.84. The van der Waals surface area contributed by atoms with Gasteiger partial charge in [-0.15, -0.1) is 11.3 Å². The van der Waals surface area contributed by atoms with Gasteiger partial charge in [0.2, 0.25) is 0 Å². The number of nitrogens with zero attached hydrogens (tertiary/aromatic N) is 2. The first kappa shape index (κ1) is 32.1. The summed E-state index contributed by atoms with van der Waals surface area (Å²) < 4.78 is 9.34. The van der Waals surface area contributed by atoms with Crippen LogP contribution in [-0.2, 0) is 5.41 Å². The molecular weight excluding hydrogens is 713 g/mol. The number of fused-ring (bicyclic) bond motifs is 12. The highest BCUT2D eigenvalue weighted by Gasteiger charge is 2.50. The van der Waals surface area contributed by atoms with Gasteiger partial charge in [0, 0.05) is 48.0 Å². The normalized spacial score (nSPS) is 13.2. The monoisotopic (exact) mass is 744 g/mol. The quantitative estimate of drug-likeness (QED) is 0.180. The average molecular weight is 745 g/mol. The first-order valence-corrected chi connectivity index (χ1v) is 20.1. The van der Waals surface area contributed by atoms with Crippen LogP contribution < -0.4 is 4.74 Å². The molecule has 2 aromatic heterocycles. The Morgan fingerprint density at radius 1 is 0.368 bits per heavy atom. The molecule has 0 atom stereocenters. The predicted molar refractivity (Wildman–Crippen MR) is 234 cm³/mol. The number of hydrogen-bond donors (Lipinski definition) is 0. The number of para-hydroxylation sites is 1. The van der Waals surface area contributed by atoms with Crippen LogP contribution in [0.4, 0.5) is 0 Å². The van der Waals surface area contributed by atoms with E-state index in [-0.39, 0.29) is 0 Å². The van der Waals surface area contributed by atoms with E-state index in [1.165, 1.54) is 48.0 Å². The summed E-state index contributed by atoms with van der Waals surface area (Å²) in [5.41, 5.74) is 14.1. The Labute approximate surface area is 334 Å². The standard InChI is InChI=1S/C53H32N2OS/c1-2-12-35(13-3-1)52-54-46(32-47(55-52)37-26-28-41-40-16-6-11-21-50(40)57-51(41)31-37)34-24-22-33(23-25-34)36-27-29-45-49(30-36)56-48-20-10-9-19-44(48)53(45)42-17-7-4-14-38(42)39-15-5-8-18-43(39)53/h1-32H. The van der Waals surface area contributed by atoms with E-state index < -0.39 is 5.41 Å². The van der Waals surface area contributed by atoms with Gasteiger partial charge in [0.05, 0.1) is 16.8 Å². The zero-order valence-corrected chi connectivity index (χ0v) is 31.5. The number of rotatable bonds is 4. The Kier molecular flexibility index (Phi) is 7.01. The fourth-order valence-electron chi connectivity index (χ4n) is 9.22. The van der Waals surface area contributed by atoms with Crippen molar-refractivity contribution in [2.24, 2.45) is 0 Å². The smallest absolute Gasteiger partial charge is 0.160 e. The molecule has 0 unspecified atom stereocenters. The van der Waals surface area contributed by atoms with Gasteiger partial charge >= 0.3 is 0 Å². The zero-order chi connectivity index (χ0) is 37.5. The first-order chi connectivity index (χ1) is 28.2. The van der Waals surface area contributed by atoms with E-state index in [2.05, 4.69) is 176 Å². The third-order valence-corrected chi connectivity index (χ3v) is 12.9. The Morgan fingerprint density at radius 3 is 1.74 bits per heavy atom. The molecule has 266 valence electrons. The minimum absolute atomic E-state index is 0.470. The molecule has 1 aliphatic carbocycles. The van der Waals surface area contributed by atoms with Crippen LogP contribution in [0.2, 0.25) is 0 Å². The molecule has 57 heavy (non-hydrogen) atoms. The molecule has 0 amide bonds. The van der Waals surface area contributed by atoms with Gasteiger partial charge < -0.3 is 4.74 Å². The molecule has 1 spiro atoms. The molecule has 12 rings (SSSR count). The zero-order valence-electron chi connectivity index (χ0n) is 30.7. The third-order valence-electron chi connectivity index (χ3n) is 11.8. The van der Waals surface area contributed by atoms with E-state index in [0.717, 1.165) is 56.3 Å². The Morgan fingerprint density at radius 2 is 0.947 bits per heavy atom. The van der Waals surface area contributed by atoms with Crippen molar-refractivity contribution < 1.29 is 4.74 Å². The second-order valence-electron chi connectivity index (χ2n) is 14.9. The Bertz CT molecular complexity index is 3170. The molecule has 8 aromatic carbocycles. The SMILES string of the molecule is c1ccc(-c2nc(-c3ccc(-c4ccc5c(c4)Oc4ccccc4C54c5ccccc5-c5ccccc54)cc3)cc(-c3ccc4c(c3)sc3ccccc34)n2)cc1. The highest BCUT2D eigenvalue weighted by molar-refractivity contribution is 7.25. The Balaban J connectivity index is 0.953. The first-order valence-electron chi connectivity index (χ1n) is 19.3. The van der Waals surface area contributed by atoms with Crippen LogP contribution in [0.25, 0.3) is 76.3 Å². The molecule has 0 fully saturated rings. The van der Waals surface area contributed by atoms with Gasteiger partial charge in [-0.25, -0.2) is 9.97 Å². The van der Waals surface area contributed by atoms with Crippen molar-refractivity contribution in [1.82, 2.24) is 9.97 Å². The molecule has 0 saturated carbocycles. The van der Waals surface area contributed by atoms with Gasteiger partial charge in [-0.2, -0.15) is 0 Å². The summed E-state index contributed by atoms with van der Waals surface area (Å²) in [6, 6.07) is 69.4. The highest BCUT2D eigenvalue weighted by atomic mass is 32.1. The summed E-state index contributed by atoms with van der Waals surface area (Å²) in [7, 11) is 0. The number of hydrogen-bond acceptors (Lipinski definition) is 4. The van der Waals surface area contributed by atoms with Crippen molar-refractivity contribution in [2.75, 3.05) is 0 Å². The fraction of sp³-hybridized carbons (Fsp3) is 0.0189. The van der Waals surface area contributed by atoms with Crippen molar-refractivity contribution in [3.05, 3.63) is 216 Å². The van der Waals surface area contributed by atoms with Crippen molar-refractivity contribution in [3.8, 4) is 67.7 Å². The maximum atomic E-state index is 6.79. The molecule has 0 bridgehead atoms. The Hall–Kier alpha value is -7.14. The van der Waals surface area contributed by atoms with Crippen LogP contribution in [0.5, 0.6) is 11.5 Å². The largest absolute Gasteiger partial charge is 0.457 e. The van der Waals surface area contributed by atoms with E-state index >= 15 is 0 Å². The second kappa shape index (κ2) is 12.4. The topological polar surface area (TPSA) is 35.0 Å². The molecule has 0 radical (unpaired) electrons. The van der Waals surface area contributed by atoms with Crippen LogP contribution >= 0.6 is 11.3 Å². The summed E-state index contributed by atoms with van der Waals surface area (Å²) in [5, 5.41) is 2.57. The molecular formula is C53H32N2OS. The van der Waals surface area contributed by atoms with Crippen LogP contribution in [0.3, 0.4) is 0 Å². The van der Waals surface area contributed by atoms with Gasteiger partial charge in [0.1, 0.15) is 11.5 Å². The molecule has 3 heterocycles. The lowest BCUT2D eigenvalue weighted by molar-refractivity contribution is 0.436. The minimum atomic E-state index is -0.470. The van der Waals surface area contributed by atoms with Gasteiger partial charge in [-0.1, -0.05) is 164 Å². The van der Waals surface area contributed by atoms with Crippen LogP contribution in [-0.4, -0.2) is 9.97 Å². The van der Waals surface area contributed by atoms with Crippen molar-refractivity contribution in [3.63, 3.8) is 0 Å². The lowest BCUT2D eigenvalue weighted by Crippen LogP contribution is -2.32.